The normalized spacial score (nSPS) is 19.3. The van der Waals surface area contributed by atoms with Crippen LogP contribution in [-0.4, -0.2) is 9.78 Å². The van der Waals surface area contributed by atoms with Crippen molar-refractivity contribution < 1.29 is 0 Å². The third-order valence-electron chi connectivity index (χ3n) is 4.46. The molecule has 1 saturated carbocycles. The Hall–Kier alpha value is -0.790. The Bertz CT molecular complexity index is 348. The molecule has 1 atom stereocenters. The fraction of sp³-hybridized carbons (Fsp3) is 0.812. The maximum atomic E-state index is 4.59. The van der Waals surface area contributed by atoms with E-state index in [-0.39, 0.29) is 0 Å². The maximum Gasteiger partial charge on any atom is 0.0524 e. The summed E-state index contributed by atoms with van der Waals surface area (Å²) in [6.07, 6.45) is 14.1. The van der Waals surface area contributed by atoms with Crippen LogP contribution in [0.2, 0.25) is 0 Å². The van der Waals surface area contributed by atoms with E-state index >= 15 is 0 Å². The van der Waals surface area contributed by atoms with E-state index in [0.29, 0.717) is 12.0 Å². The van der Waals surface area contributed by atoms with Crippen LogP contribution in [0.3, 0.4) is 0 Å². The van der Waals surface area contributed by atoms with Crippen LogP contribution in [0, 0.1) is 5.92 Å². The molecular weight excluding hydrogens is 220 g/mol. The zero-order valence-corrected chi connectivity index (χ0v) is 12.2. The molecule has 1 aliphatic carbocycles. The van der Waals surface area contributed by atoms with Gasteiger partial charge in [-0.1, -0.05) is 52.9 Å². The van der Waals surface area contributed by atoms with Gasteiger partial charge < -0.3 is 0 Å². The molecule has 0 N–H and O–H groups in total. The predicted octanol–water partition coefficient (Wildman–Crippen LogP) is 4.93. The first-order chi connectivity index (χ1) is 8.70. The molecule has 18 heavy (non-hydrogen) atoms. The number of nitrogens with zero attached hydrogens (tertiary/aromatic N) is 2. The molecule has 102 valence electrons. The third-order valence-corrected chi connectivity index (χ3v) is 4.46. The fourth-order valence-corrected chi connectivity index (χ4v) is 3.12. The molecule has 0 radical (unpaired) electrons. The number of aromatic nitrogens is 2. The predicted molar refractivity (Wildman–Crippen MR) is 76.8 cm³/mol. The Morgan fingerprint density at radius 3 is 2.56 bits per heavy atom. The second-order valence-corrected chi connectivity index (χ2v) is 6.21. The molecule has 1 unspecified atom stereocenters. The molecule has 0 saturated heterocycles. The lowest BCUT2D eigenvalue weighted by Crippen LogP contribution is -2.16. The highest BCUT2D eigenvalue weighted by atomic mass is 15.3. The molecule has 0 bridgehead atoms. The summed E-state index contributed by atoms with van der Waals surface area (Å²) in [6, 6.07) is 0.612. The second-order valence-electron chi connectivity index (χ2n) is 6.21. The SMILES string of the molecule is CCC(CC1CCCCC1)n1cc(C(C)C)cn1. The minimum atomic E-state index is 0.589. The van der Waals surface area contributed by atoms with Crippen LogP contribution < -0.4 is 0 Å². The quantitative estimate of drug-likeness (QED) is 0.722. The van der Waals surface area contributed by atoms with Crippen molar-refractivity contribution in [1.82, 2.24) is 9.78 Å². The van der Waals surface area contributed by atoms with Gasteiger partial charge in [-0.3, -0.25) is 4.68 Å². The zero-order chi connectivity index (χ0) is 13.0. The summed E-state index contributed by atoms with van der Waals surface area (Å²) in [4.78, 5) is 0. The van der Waals surface area contributed by atoms with E-state index < -0.39 is 0 Å². The summed E-state index contributed by atoms with van der Waals surface area (Å²) in [5.41, 5.74) is 1.37. The van der Waals surface area contributed by atoms with Crippen LogP contribution in [0.4, 0.5) is 0 Å². The summed E-state index contributed by atoms with van der Waals surface area (Å²) < 4.78 is 2.23. The molecule has 1 aromatic heterocycles. The highest BCUT2D eigenvalue weighted by Crippen LogP contribution is 2.32. The molecule has 2 nitrogen and oxygen atoms in total. The van der Waals surface area contributed by atoms with Gasteiger partial charge in [0, 0.05) is 6.20 Å². The van der Waals surface area contributed by atoms with Gasteiger partial charge in [0.2, 0.25) is 0 Å². The van der Waals surface area contributed by atoms with Crippen LogP contribution in [0.25, 0.3) is 0 Å². The van der Waals surface area contributed by atoms with Crippen molar-refractivity contribution in [3.8, 4) is 0 Å². The molecule has 2 heteroatoms. The van der Waals surface area contributed by atoms with Gasteiger partial charge in [0.05, 0.1) is 12.2 Å². The summed E-state index contributed by atoms with van der Waals surface area (Å²) in [5, 5.41) is 4.59. The summed E-state index contributed by atoms with van der Waals surface area (Å²) in [7, 11) is 0. The first-order valence-electron chi connectivity index (χ1n) is 7.74. The molecule has 0 amide bonds. The largest absolute Gasteiger partial charge is 0.269 e. The van der Waals surface area contributed by atoms with Gasteiger partial charge in [-0.15, -0.1) is 0 Å². The number of rotatable bonds is 5. The first-order valence-corrected chi connectivity index (χ1v) is 7.74. The minimum absolute atomic E-state index is 0.589. The van der Waals surface area contributed by atoms with E-state index in [1.54, 1.807) is 0 Å². The Labute approximate surface area is 112 Å². The topological polar surface area (TPSA) is 17.8 Å². The molecule has 1 aliphatic rings. The molecule has 1 fully saturated rings. The highest BCUT2D eigenvalue weighted by molar-refractivity contribution is 5.09. The van der Waals surface area contributed by atoms with Crippen molar-refractivity contribution in [2.24, 2.45) is 5.92 Å². The van der Waals surface area contributed by atoms with Gasteiger partial charge in [0.1, 0.15) is 0 Å². The van der Waals surface area contributed by atoms with Gasteiger partial charge in [-0.2, -0.15) is 5.10 Å². The Morgan fingerprint density at radius 2 is 2.00 bits per heavy atom. The molecule has 0 spiro atoms. The lowest BCUT2D eigenvalue weighted by atomic mass is 9.84. The van der Waals surface area contributed by atoms with Gasteiger partial charge in [0.25, 0.3) is 0 Å². The second kappa shape index (κ2) is 6.40. The Balaban J connectivity index is 1.98. The molecule has 0 aromatic carbocycles. The highest BCUT2D eigenvalue weighted by Gasteiger charge is 2.19. The van der Waals surface area contributed by atoms with Crippen molar-refractivity contribution in [3.63, 3.8) is 0 Å². The van der Waals surface area contributed by atoms with E-state index in [1.165, 1.54) is 50.5 Å². The third kappa shape index (κ3) is 3.37. The van der Waals surface area contributed by atoms with Crippen molar-refractivity contribution in [2.45, 2.75) is 77.7 Å². The summed E-state index contributed by atoms with van der Waals surface area (Å²) >= 11 is 0. The van der Waals surface area contributed by atoms with Crippen molar-refractivity contribution in [2.75, 3.05) is 0 Å². The van der Waals surface area contributed by atoms with Crippen LogP contribution in [0.1, 0.15) is 83.2 Å². The molecular formula is C16H28N2. The van der Waals surface area contributed by atoms with Crippen LogP contribution in [0.15, 0.2) is 12.4 Å². The van der Waals surface area contributed by atoms with Crippen LogP contribution >= 0.6 is 0 Å². The van der Waals surface area contributed by atoms with Crippen molar-refractivity contribution in [1.29, 1.82) is 0 Å². The van der Waals surface area contributed by atoms with Crippen molar-refractivity contribution in [3.05, 3.63) is 18.0 Å². The lowest BCUT2D eigenvalue weighted by Gasteiger charge is -2.26. The van der Waals surface area contributed by atoms with Crippen LogP contribution in [0.5, 0.6) is 0 Å². The Kier molecular flexibility index (Phi) is 4.85. The van der Waals surface area contributed by atoms with Gasteiger partial charge >= 0.3 is 0 Å². The lowest BCUT2D eigenvalue weighted by molar-refractivity contribution is 0.272. The minimum Gasteiger partial charge on any atom is -0.269 e. The van der Waals surface area contributed by atoms with Crippen molar-refractivity contribution >= 4 is 0 Å². The Morgan fingerprint density at radius 1 is 1.28 bits per heavy atom. The average Bonchev–Trinajstić information content (AvgIpc) is 2.87. The smallest absolute Gasteiger partial charge is 0.0524 e. The van der Waals surface area contributed by atoms with E-state index in [1.807, 2.05) is 6.20 Å². The van der Waals surface area contributed by atoms with E-state index in [0.717, 1.165) is 5.92 Å². The first kappa shape index (κ1) is 13.6. The van der Waals surface area contributed by atoms with Gasteiger partial charge in [-0.25, -0.2) is 0 Å². The number of hydrogen-bond donors (Lipinski definition) is 0. The van der Waals surface area contributed by atoms with E-state index in [2.05, 4.69) is 36.7 Å². The number of hydrogen-bond acceptors (Lipinski definition) is 1. The van der Waals surface area contributed by atoms with Gasteiger partial charge in [-0.05, 0) is 30.2 Å². The average molecular weight is 248 g/mol. The van der Waals surface area contributed by atoms with Gasteiger partial charge in [0.15, 0.2) is 0 Å². The van der Waals surface area contributed by atoms with E-state index in [4.69, 9.17) is 0 Å². The van der Waals surface area contributed by atoms with Crippen LogP contribution in [-0.2, 0) is 0 Å². The summed E-state index contributed by atoms with van der Waals surface area (Å²) in [6.45, 7) is 6.77. The summed E-state index contributed by atoms with van der Waals surface area (Å²) in [5.74, 6) is 1.53. The molecule has 2 rings (SSSR count). The monoisotopic (exact) mass is 248 g/mol. The van der Waals surface area contributed by atoms with E-state index in [9.17, 15) is 0 Å². The molecule has 1 aromatic rings. The standard InChI is InChI=1S/C16H28N2/c1-4-16(10-14-8-6-5-7-9-14)18-12-15(11-17-18)13(2)3/h11-14,16H,4-10H2,1-3H3. The fourth-order valence-electron chi connectivity index (χ4n) is 3.12. The molecule has 0 aliphatic heterocycles. The molecule has 1 heterocycles. The maximum absolute atomic E-state index is 4.59. The zero-order valence-electron chi connectivity index (χ0n) is 12.2.